The van der Waals surface area contributed by atoms with Crippen LogP contribution in [0.4, 0.5) is 11.4 Å². The smallest absolute Gasteiger partial charge is 0.227 e. The molecule has 2 aliphatic rings. The number of anilines is 2. The zero-order chi connectivity index (χ0) is 19.5. The van der Waals surface area contributed by atoms with Crippen molar-refractivity contribution < 1.29 is 14.3 Å². The molecule has 1 amide bonds. The fourth-order valence-electron chi connectivity index (χ4n) is 4.08. The fraction of sp³-hybridized carbons (Fsp3) is 0.391. The number of nitrogens with zero attached hydrogens (tertiary/aromatic N) is 2. The van der Waals surface area contributed by atoms with Gasteiger partial charge in [0.2, 0.25) is 5.91 Å². The summed E-state index contributed by atoms with van der Waals surface area (Å²) in [4.78, 5) is 29.5. The van der Waals surface area contributed by atoms with E-state index in [4.69, 9.17) is 4.74 Å². The van der Waals surface area contributed by atoms with Crippen LogP contribution in [0.1, 0.15) is 41.6 Å². The Labute approximate surface area is 165 Å². The van der Waals surface area contributed by atoms with Crippen molar-refractivity contribution in [1.82, 2.24) is 0 Å². The van der Waals surface area contributed by atoms with Crippen molar-refractivity contribution in [3.8, 4) is 5.75 Å². The maximum absolute atomic E-state index is 12.8. The summed E-state index contributed by atoms with van der Waals surface area (Å²) in [5, 5.41) is 0. The maximum atomic E-state index is 12.8. The van der Waals surface area contributed by atoms with E-state index in [1.165, 1.54) is 24.1 Å². The van der Waals surface area contributed by atoms with Gasteiger partial charge in [0.05, 0.1) is 7.11 Å². The average Bonchev–Trinajstić information content (AvgIpc) is 3.41. The van der Waals surface area contributed by atoms with E-state index in [9.17, 15) is 9.59 Å². The Morgan fingerprint density at radius 3 is 2.43 bits per heavy atom. The molecule has 0 saturated carbocycles. The van der Waals surface area contributed by atoms with Crippen LogP contribution < -0.4 is 14.5 Å². The van der Waals surface area contributed by atoms with Crippen LogP contribution in [0.2, 0.25) is 0 Å². The third-order valence-corrected chi connectivity index (χ3v) is 5.71. The van der Waals surface area contributed by atoms with Gasteiger partial charge in [-0.25, -0.2) is 0 Å². The molecule has 0 spiro atoms. The quantitative estimate of drug-likeness (QED) is 0.717. The van der Waals surface area contributed by atoms with Gasteiger partial charge >= 0.3 is 0 Å². The van der Waals surface area contributed by atoms with E-state index in [1.807, 2.05) is 4.90 Å². The van der Waals surface area contributed by atoms with Gasteiger partial charge < -0.3 is 14.5 Å². The number of ketones is 1. The Morgan fingerprint density at radius 2 is 1.71 bits per heavy atom. The second-order valence-corrected chi connectivity index (χ2v) is 7.45. The molecule has 2 aromatic rings. The van der Waals surface area contributed by atoms with Crippen molar-refractivity contribution in [2.24, 2.45) is 0 Å². The summed E-state index contributed by atoms with van der Waals surface area (Å²) in [7, 11) is 1.60. The second-order valence-electron chi connectivity index (χ2n) is 7.45. The number of Topliss-reactive ketones (excluding diaryl/α,β-unsaturated/α-hetero) is 1. The number of hydrogen-bond donors (Lipinski definition) is 0. The van der Waals surface area contributed by atoms with Crippen LogP contribution in [-0.4, -0.2) is 38.4 Å². The predicted molar refractivity (Wildman–Crippen MR) is 111 cm³/mol. The Balaban J connectivity index is 1.40. The lowest BCUT2D eigenvalue weighted by Gasteiger charge is -2.22. The van der Waals surface area contributed by atoms with Crippen LogP contribution in [0.25, 0.3) is 0 Å². The van der Waals surface area contributed by atoms with Crippen molar-refractivity contribution >= 4 is 23.1 Å². The normalized spacial score (nSPS) is 15.6. The highest BCUT2D eigenvalue weighted by Gasteiger charge is 2.26. The third-order valence-electron chi connectivity index (χ3n) is 5.71. The van der Waals surface area contributed by atoms with Gasteiger partial charge in [0, 0.05) is 49.4 Å². The second kappa shape index (κ2) is 8.05. The Kier molecular flexibility index (Phi) is 5.33. The zero-order valence-corrected chi connectivity index (χ0v) is 16.3. The summed E-state index contributed by atoms with van der Waals surface area (Å²) in [6.45, 7) is 2.88. The number of carbonyl (C=O) groups is 2. The van der Waals surface area contributed by atoms with E-state index in [1.54, 1.807) is 31.4 Å². The molecule has 0 unspecified atom stereocenters. The van der Waals surface area contributed by atoms with E-state index in [0.29, 0.717) is 12.1 Å². The van der Waals surface area contributed by atoms with Crippen LogP contribution in [0.3, 0.4) is 0 Å². The minimum Gasteiger partial charge on any atom is -0.497 e. The molecular formula is C23H26N2O3. The zero-order valence-electron chi connectivity index (χ0n) is 16.3. The number of carbonyl (C=O) groups excluding carboxylic acids is 2. The highest BCUT2D eigenvalue weighted by atomic mass is 16.5. The summed E-state index contributed by atoms with van der Waals surface area (Å²) in [6, 6.07) is 13.5. The van der Waals surface area contributed by atoms with Gasteiger partial charge in [0.15, 0.2) is 5.78 Å². The highest BCUT2D eigenvalue weighted by Crippen LogP contribution is 2.34. The fourth-order valence-corrected chi connectivity index (χ4v) is 4.08. The van der Waals surface area contributed by atoms with Gasteiger partial charge in [-0.15, -0.1) is 0 Å². The lowest BCUT2D eigenvalue weighted by Crippen LogP contribution is -2.29. The minimum absolute atomic E-state index is 0.0127. The maximum Gasteiger partial charge on any atom is 0.227 e. The first-order valence-corrected chi connectivity index (χ1v) is 10.0. The molecule has 1 saturated heterocycles. The summed E-state index contributed by atoms with van der Waals surface area (Å²) < 4.78 is 5.12. The standard InChI is InChI=1S/C23H26N2O3/c1-28-20-8-5-18(6-9-20)22(26)10-11-23(27)25-15-12-17-4-7-19(16-21(17)25)24-13-2-3-14-24/h4-9,16H,2-3,10-15H2,1H3. The SMILES string of the molecule is COc1ccc(C(=O)CCC(=O)N2CCc3ccc(N4CCCC4)cc32)cc1. The van der Waals surface area contributed by atoms with Crippen LogP contribution in [0.15, 0.2) is 42.5 Å². The van der Waals surface area contributed by atoms with E-state index >= 15 is 0 Å². The molecule has 28 heavy (non-hydrogen) atoms. The van der Waals surface area contributed by atoms with Gasteiger partial charge in [-0.2, -0.15) is 0 Å². The number of benzene rings is 2. The molecule has 2 aromatic carbocycles. The van der Waals surface area contributed by atoms with E-state index in [-0.39, 0.29) is 24.5 Å². The molecule has 2 aliphatic heterocycles. The molecule has 0 radical (unpaired) electrons. The first-order valence-electron chi connectivity index (χ1n) is 10.0. The Morgan fingerprint density at radius 1 is 0.964 bits per heavy atom. The molecule has 5 nitrogen and oxygen atoms in total. The monoisotopic (exact) mass is 378 g/mol. The summed E-state index contributed by atoms with van der Waals surface area (Å²) >= 11 is 0. The van der Waals surface area contributed by atoms with Crippen molar-refractivity contribution in [1.29, 1.82) is 0 Å². The van der Waals surface area contributed by atoms with Gasteiger partial charge in [-0.3, -0.25) is 9.59 Å². The minimum atomic E-state index is -0.0127. The van der Waals surface area contributed by atoms with Crippen molar-refractivity contribution in [3.63, 3.8) is 0 Å². The van der Waals surface area contributed by atoms with Crippen LogP contribution in [-0.2, 0) is 11.2 Å². The lowest BCUT2D eigenvalue weighted by molar-refractivity contribution is -0.118. The Bertz CT molecular complexity index is 870. The van der Waals surface area contributed by atoms with E-state index < -0.39 is 0 Å². The molecule has 0 bridgehead atoms. The van der Waals surface area contributed by atoms with Gasteiger partial charge in [0.25, 0.3) is 0 Å². The first-order chi connectivity index (χ1) is 13.7. The van der Waals surface area contributed by atoms with E-state index in [0.717, 1.165) is 30.9 Å². The topological polar surface area (TPSA) is 49.9 Å². The molecule has 1 fully saturated rings. The molecule has 4 rings (SSSR count). The third kappa shape index (κ3) is 3.75. The van der Waals surface area contributed by atoms with Gasteiger partial charge in [-0.1, -0.05) is 6.07 Å². The predicted octanol–water partition coefficient (Wildman–Crippen LogP) is 3.85. The van der Waals surface area contributed by atoms with Crippen molar-refractivity contribution in [3.05, 3.63) is 53.6 Å². The van der Waals surface area contributed by atoms with Crippen LogP contribution in [0.5, 0.6) is 5.75 Å². The number of methoxy groups -OCH3 is 1. The molecule has 0 atom stereocenters. The summed E-state index contributed by atoms with van der Waals surface area (Å²) in [5.74, 6) is 0.732. The number of amides is 1. The molecule has 0 aliphatic carbocycles. The summed E-state index contributed by atoms with van der Waals surface area (Å²) in [6.07, 6.45) is 3.80. The molecule has 0 aromatic heterocycles. The van der Waals surface area contributed by atoms with Crippen molar-refractivity contribution in [2.45, 2.75) is 32.1 Å². The summed E-state index contributed by atoms with van der Waals surface area (Å²) in [5.41, 5.74) is 4.06. The molecule has 0 N–H and O–H groups in total. The van der Waals surface area contributed by atoms with Gasteiger partial charge in [0.1, 0.15) is 5.75 Å². The average molecular weight is 378 g/mol. The number of hydrogen-bond acceptors (Lipinski definition) is 4. The van der Waals surface area contributed by atoms with Crippen molar-refractivity contribution in [2.75, 3.05) is 36.5 Å². The largest absolute Gasteiger partial charge is 0.497 e. The Hall–Kier alpha value is -2.82. The van der Waals surface area contributed by atoms with Crippen LogP contribution >= 0.6 is 0 Å². The lowest BCUT2D eigenvalue weighted by atomic mass is 10.1. The number of fused-ring (bicyclic) bond motifs is 1. The van der Waals surface area contributed by atoms with E-state index in [2.05, 4.69) is 23.1 Å². The first kappa shape index (κ1) is 18.5. The van der Waals surface area contributed by atoms with Gasteiger partial charge in [-0.05, 0) is 61.2 Å². The molecular weight excluding hydrogens is 352 g/mol. The molecule has 5 heteroatoms. The highest BCUT2D eigenvalue weighted by molar-refractivity contribution is 6.01. The number of ether oxygens (including phenoxy) is 1. The molecule has 146 valence electrons. The van der Waals surface area contributed by atoms with Crippen LogP contribution in [0, 0.1) is 0 Å². The molecule has 2 heterocycles. The number of rotatable bonds is 6.